The maximum Gasteiger partial charge on any atom is 0.328 e. The van der Waals surface area contributed by atoms with Crippen molar-refractivity contribution < 1.29 is 14.3 Å². The van der Waals surface area contributed by atoms with Crippen molar-refractivity contribution in [3.63, 3.8) is 0 Å². The zero-order chi connectivity index (χ0) is 12.8. The van der Waals surface area contributed by atoms with Gasteiger partial charge in [0.1, 0.15) is 6.04 Å². The lowest BCUT2D eigenvalue weighted by atomic mass is 10.1. The van der Waals surface area contributed by atoms with Gasteiger partial charge in [0.15, 0.2) is 0 Å². The number of amides is 1. The maximum atomic E-state index is 11.6. The highest BCUT2D eigenvalue weighted by Gasteiger charge is 2.20. The molecule has 0 aliphatic carbocycles. The summed E-state index contributed by atoms with van der Waals surface area (Å²) in [5.74, 6) is -0.912. The lowest BCUT2D eigenvalue weighted by Crippen LogP contribution is -2.48. The average molecular weight is 240 g/mol. The summed E-state index contributed by atoms with van der Waals surface area (Å²) in [5, 5.41) is 2.47. The van der Waals surface area contributed by atoms with Crippen LogP contribution in [-0.4, -0.2) is 41.0 Å². The number of aromatic nitrogens is 2. The van der Waals surface area contributed by atoms with Crippen molar-refractivity contribution in [3.05, 3.63) is 18.2 Å². The molecule has 1 aromatic heterocycles. The summed E-state index contributed by atoms with van der Waals surface area (Å²) in [6, 6.07) is -1.44. The standard InChI is InChI=1S/C10H16N4O3/c1-6(10(16)17-2)14-9(15)8(11)3-7-4-12-5-13-7/h4-6,8H,3,11H2,1-2H3,(H,12,13)(H,14,15)/t6-,8+/m0/s1. The van der Waals surface area contributed by atoms with Crippen LogP contribution >= 0.6 is 0 Å². The number of H-pyrrole nitrogens is 1. The molecule has 7 heteroatoms. The third-order valence-electron chi connectivity index (χ3n) is 2.24. The van der Waals surface area contributed by atoms with Gasteiger partial charge in [-0.15, -0.1) is 0 Å². The van der Waals surface area contributed by atoms with Crippen molar-refractivity contribution in [1.29, 1.82) is 0 Å². The number of ether oxygens (including phenoxy) is 1. The summed E-state index contributed by atoms with van der Waals surface area (Å²) in [4.78, 5) is 29.4. The van der Waals surface area contributed by atoms with E-state index in [0.29, 0.717) is 6.42 Å². The Kier molecular flexibility index (Phi) is 4.65. The summed E-state index contributed by atoms with van der Waals surface area (Å²) < 4.78 is 4.49. The topological polar surface area (TPSA) is 110 Å². The number of aromatic amines is 1. The Morgan fingerprint density at radius 3 is 2.88 bits per heavy atom. The molecule has 1 aromatic rings. The Morgan fingerprint density at radius 2 is 2.35 bits per heavy atom. The van der Waals surface area contributed by atoms with Gasteiger partial charge >= 0.3 is 5.97 Å². The summed E-state index contributed by atoms with van der Waals surface area (Å²) >= 11 is 0. The zero-order valence-electron chi connectivity index (χ0n) is 9.77. The maximum absolute atomic E-state index is 11.6. The van der Waals surface area contributed by atoms with Crippen LogP contribution in [0.5, 0.6) is 0 Å². The van der Waals surface area contributed by atoms with Crippen LogP contribution < -0.4 is 11.1 Å². The number of carbonyl (C=O) groups is 2. The van der Waals surface area contributed by atoms with Crippen molar-refractivity contribution in [1.82, 2.24) is 15.3 Å². The SMILES string of the molecule is COC(=O)[C@H](C)NC(=O)[C@H](N)Cc1cnc[nH]1. The van der Waals surface area contributed by atoms with Gasteiger partial charge < -0.3 is 20.8 Å². The molecule has 0 spiro atoms. The average Bonchev–Trinajstić information content (AvgIpc) is 2.80. The molecule has 7 nitrogen and oxygen atoms in total. The lowest BCUT2D eigenvalue weighted by Gasteiger charge is -2.15. The van der Waals surface area contributed by atoms with Crippen LogP contribution in [-0.2, 0) is 20.7 Å². The van der Waals surface area contributed by atoms with E-state index in [1.54, 1.807) is 6.20 Å². The molecule has 1 amide bonds. The van der Waals surface area contributed by atoms with Gasteiger partial charge in [-0.25, -0.2) is 9.78 Å². The van der Waals surface area contributed by atoms with E-state index in [1.807, 2.05) is 0 Å². The first-order valence-corrected chi connectivity index (χ1v) is 5.15. The summed E-state index contributed by atoms with van der Waals surface area (Å²) in [6.45, 7) is 1.53. The van der Waals surface area contributed by atoms with E-state index in [9.17, 15) is 9.59 Å². The Balaban J connectivity index is 2.44. The quantitative estimate of drug-likeness (QED) is 0.569. The van der Waals surface area contributed by atoms with Crippen LogP contribution in [0.25, 0.3) is 0 Å². The van der Waals surface area contributed by atoms with Crippen molar-refractivity contribution in [2.75, 3.05) is 7.11 Å². The number of hydrogen-bond donors (Lipinski definition) is 3. The van der Waals surface area contributed by atoms with Crippen LogP contribution in [0.15, 0.2) is 12.5 Å². The molecule has 0 radical (unpaired) electrons. The molecule has 0 saturated heterocycles. The number of nitrogens with one attached hydrogen (secondary N) is 2. The Labute approximate surface area is 98.7 Å². The van der Waals surface area contributed by atoms with Gasteiger partial charge in [0.25, 0.3) is 0 Å². The van der Waals surface area contributed by atoms with E-state index in [1.165, 1.54) is 20.4 Å². The van der Waals surface area contributed by atoms with Crippen LogP contribution in [0, 0.1) is 0 Å². The molecule has 0 saturated carbocycles. The van der Waals surface area contributed by atoms with Crippen LogP contribution in [0.3, 0.4) is 0 Å². The van der Waals surface area contributed by atoms with Gasteiger partial charge in [-0.1, -0.05) is 0 Å². The number of carbonyl (C=O) groups excluding carboxylic acids is 2. The highest BCUT2D eigenvalue weighted by atomic mass is 16.5. The summed E-state index contributed by atoms with van der Waals surface area (Å²) in [5.41, 5.74) is 6.45. The van der Waals surface area contributed by atoms with Gasteiger partial charge in [0.05, 0.1) is 19.5 Å². The molecule has 0 unspecified atom stereocenters. The monoisotopic (exact) mass is 240 g/mol. The highest BCUT2D eigenvalue weighted by Crippen LogP contribution is 1.97. The first-order chi connectivity index (χ1) is 8.04. The van der Waals surface area contributed by atoms with E-state index >= 15 is 0 Å². The minimum Gasteiger partial charge on any atom is -0.467 e. The first kappa shape index (κ1) is 13.2. The third-order valence-corrected chi connectivity index (χ3v) is 2.24. The van der Waals surface area contributed by atoms with Crippen LogP contribution in [0.4, 0.5) is 0 Å². The molecule has 0 aromatic carbocycles. The van der Waals surface area contributed by atoms with Gasteiger partial charge in [-0.2, -0.15) is 0 Å². The molecule has 4 N–H and O–H groups in total. The molecule has 2 atom stereocenters. The van der Waals surface area contributed by atoms with Gasteiger partial charge in [-0.05, 0) is 6.92 Å². The van der Waals surface area contributed by atoms with Gasteiger partial charge in [-0.3, -0.25) is 4.79 Å². The molecule has 1 heterocycles. The minimum absolute atomic E-state index is 0.333. The molecule has 0 aliphatic rings. The van der Waals surface area contributed by atoms with E-state index < -0.39 is 24.0 Å². The number of nitrogens with zero attached hydrogens (tertiary/aromatic N) is 1. The molecule has 17 heavy (non-hydrogen) atoms. The second-order valence-electron chi connectivity index (χ2n) is 3.64. The summed E-state index contributed by atoms with van der Waals surface area (Å²) in [7, 11) is 1.26. The van der Waals surface area contributed by atoms with Crippen molar-refractivity contribution in [2.45, 2.75) is 25.4 Å². The Bertz CT molecular complexity index is 377. The second kappa shape index (κ2) is 6.00. The van der Waals surface area contributed by atoms with E-state index in [0.717, 1.165) is 5.69 Å². The molecule has 94 valence electrons. The van der Waals surface area contributed by atoms with E-state index in [-0.39, 0.29) is 0 Å². The number of hydrogen-bond acceptors (Lipinski definition) is 5. The van der Waals surface area contributed by atoms with Crippen molar-refractivity contribution >= 4 is 11.9 Å². The molecule has 0 aliphatic heterocycles. The number of rotatable bonds is 5. The number of imidazole rings is 1. The molecule has 1 rings (SSSR count). The molecule has 0 fully saturated rings. The van der Waals surface area contributed by atoms with Crippen molar-refractivity contribution in [2.24, 2.45) is 5.73 Å². The number of esters is 1. The lowest BCUT2D eigenvalue weighted by molar-refractivity contribution is -0.144. The first-order valence-electron chi connectivity index (χ1n) is 5.15. The molecular formula is C10H16N4O3. The van der Waals surface area contributed by atoms with Crippen LogP contribution in [0.2, 0.25) is 0 Å². The Morgan fingerprint density at radius 1 is 1.65 bits per heavy atom. The predicted octanol–water partition coefficient (Wildman–Crippen LogP) is -1.04. The highest BCUT2D eigenvalue weighted by molar-refractivity contribution is 5.87. The van der Waals surface area contributed by atoms with E-state index in [4.69, 9.17) is 5.73 Å². The molecule has 0 bridgehead atoms. The fourth-order valence-corrected chi connectivity index (χ4v) is 1.28. The van der Waals surface area contributed by atoms with Gasteiger partial charge in [0, 0.05) is 18.3 Å². The summed E-state index contributed by atoms with van der Waals surface area (Å²) in [6.07, 6.45) is 3.44. The fourth-order valence-electron chi connectivity index (χ4n) is 1.28. The van der Waals surface area contributed by atoms with Gasteiger partial charge in [0.2, 0.25) is 5.91 Å². The number of methoxy groups -OCH3 is 1. The predicted molar refractivity (Wildman–Crippen MR) is 59.9 cm³/mol. The fraction of sp³-hybridized carbons (Fsp3) is 0.500. The zero-order valence-corrected chi connectivity index (χ0v) is 9.77. The Hall–Kier alpha value is -1.89. The van der Waals surface area contributed by atoms with Crippen molar-refractivity contribution in [3.8, 4) is 0 Å². The number of nitrogens with two attached hydrogens (primary N) is 1. The van der Waals surface area contributed by atoms with Crippen LogP contribution in [0.1, 0.15) is 12.6 Å². The third kappa shape index (κ3) is 3.87. The smallest absolute Gasteiger partial charge is 0.328 e. The second-order valence-corrected chi connectivity index (χ2v) is 3.64. The normalized spacial score (nSPS) is 13.8. The minimum atomic E-state index is -0.734. The van der Waals surface area contributed by atoms with E-state index in [2.05, 4.69) is 20.0 Å². The molecular weight excluding hydrogens is 224 g/mol. The largest absolute Gasteiger partial charge is 0.467 e.